The van der Waals surface area contributed by atoms with Crippen molar-refractivity contribution >= 4 is 16.7 Å². The predicted octanol–water partition coefficient (Wildman–Crippen LogP) is 5.13. The van der Waals surface area contributed by atoms with Gasteiger partial charge in [-0.25, -0.2) is 9.97 Å². The smallest absolute Gasteiger partial charge is 0.162 e. The lowest BCUT2D eigenvalue weighted by Crippen LogP contribution is -2.31. The molecular weight excluding hydrogens is 448 g/mol. The van der Waals surface area contributed by atoms with Crippen molar-refractivity contribution in [2.24, 2.45) is 5.73 Å². The van der Waals surface area contributed by atoms with E-state index in [9.17, 15) is 0 Å². The van der Waals surface area contributed by atoms with Crippen molar-refractivity contribution in [1.29, 1.82) is 0 Å². The highest BCUT2D eigenvalue weighted by molar-refractivity contribution is 5.98. The van der Waals surface area contributed by atoms with Crippen LogP contribution in [0.3, 0.4) is 0 Å². The molecule has 0 aliphatic carbocycles. The molecule has 7 nitrogen and oxygen atoms in total. The van der Waals surface area contributed by atoms with Crippen LogP contribution in [-0.2, 0) is 6.42 Å². The largest absolute Gasteiger partial charge is 0.494 e. The minimum atomic E-state index is -0.0778. The van der Waals surface area contributed by atoms with E-state index < -0.39 is 0 Å². The number of aromatic nitrogens is 4. The van der Waals surface area contributed by atoms with E-state index in [1.54, 1.807) is 18.6 Å². The molecule has 0 saturated heterocycles. The van der Waals surface area contributed by atoms with Gasteiger partial charge in [0.25, 0.3) is 0 Å². The number of fused-ring (bicyclic) bond motifs is 1. The molecule has 0 aliphatic rings. The van der Waals surface area contributed by atoms with E-state index in [1.165, 1.54) is 5.56 Å². The van der Waals surface area contributed by atoms with Crippen LogP contribution in [0.5, 0.6) is 5.75 Å². The quantitative estimate of drug-likeness (QED) is 0.304. The number of hydrogen-bond acceptors (Lipinski definition) is 7. The minimum absolute atomic E-state index is 0.0778. The highest BCUT2D eigenvalue weighted by Gasteiger charge is 2.16. The number of nitrogens with zero attached hydrogens (tertiary/aromatic N) is 4. The van der Waals surface area contributed by atoms with Crippen LogP contribution in [-0.4, -0.2) is 39.1 Å². The third-order valence-electron chi connectivity index (χ3n) is 5.84. The summed E-state index contributed by atoms with van der Waals surface area (Å²) in [5.41, 5.74) is 11.0. The Labute approximate surface area is 210 Å². The first-order chi connectivity index (χ1) is 17.7. The van der Waals surface area contributed by atoms with Gasteiger partial charge in [0, 0.05) is 47.7 Å². The molecule has 0 bridgehead atoms. The molecule has 3 heterocycles. The van der Waals surface area contributed by atoms with E-state index in [-0.39, 0.29) is 6.04 Å². The Morgan fingerprint density at radius 1 is 0.889 bits per heavy atom. The van der Waals surface area contributed by atoms with E-state index in [0.717, 1.165) is 45.7 Å². The van der Waals surface area contributed by atoms with E-state index in [1.807, 2.05) is 67.6 Å². The Kier molecular flexibility index (Phi) is 7.10. The van der Waals surface area contributed by atoms with Crippen LogP contribution in [0.2, 0.25) is 0 Å². The zero-order valence-corrected chi connectivity index (χ0v) is 20.1. The van der Waals surface area contributed by atoms with Crippen LogP contribution in [0.25, 0.3) is 33.5 Å². The number of nitrogens with one attached hydrogen (secondary N) is 1. The van der Waals surface area contributed by atoms with Gasteiger partial charge >= 0.3 is 0 Å². The Morgan fingerprint density at radius 2 is 1.72 bits per heavy atom. The highest BCUT2D eigenvalue weighted by atomic mass is 16.5. The summed E-state index contributed by atoms with van der Waals surface area (Å²) in [5, 5.41) is 4.37. The summed E-state index contributed by atoms with van der Waals surface area (Å²) in [4.78, 5) is 18.6. The summed E-state index contributed by atoms with van der Waals surface area (Å²) in [6, 6.07) is 23.8. The average Bonchev–Trinajstić information content (AvgIpc) is 2.92. The van der Waals surface area contributed by atoms with Gasteiger partial charge in [0.15, 0.2) is 5.82 Å². The van der Waals surface area contributed by atoms with Crippen molar-refractivity contribution in [2.45, 2.75) is 19.4 Å². The molecule has 7 heteroatoms. The van der Waals surface area contributed by atoms with Crippen molar-refractivity contribution in [3.05, 3.63) is 97.0 Å². The maximum Gasteiger partial charge on any atom is 0.162 e. The highest BCUT2D eigenvalue weighted by Crippen LogP contribution is 2.32. The van der Waals surface area contributed by atoms with Crippen molar-refractivity contribution in [3.8, 4) is 28.4 Å². The van der Waals surface area contributed by atoms with E-state index >= 15 is 0 Å². The standard InChI is InChI=1S/C29H28N6O/c1-2-36-24-10-6-9-22(18-24)26-27-25(13-16-32-26)29(35-28(34-27)21-11-14-31-15-12-21)33-19-23(30)17-20-7-4-3-5-8-20/h3-16,18,23H,2,17,19,30H2,1H3,(H,33,34,35)/t23-/m1/s1. The number of nitrogens with two attached hydrogens (primary N) is 1. The van der Waals surface area contributed by atoms with Gasteiger partial charge in [-0.15, -0.1) is 0 Å². The first-order valence-corrected chi connectivity index (χ1v) is 12.0. The third-order valence-corrected chi connectivity index (χ3v) is 5.84. The van der Waals surface area contributed by atoms with Gasteiger partial charge < -0.3 is 15.8 Å². The lowest BCUT2D eigenvalue weighted by molar-refractivity contribution is 0.340. The van der Waals surface area contributed by atoms with Gasteiger partial charge in [-0.05, 0) is 49.2 Å². The Balaban J connectivity index is 1.55. The molecule has 3 N–H and O–H groups in total. The molecule has 36 heavy (non-hydrogen) atoms. The van der Waals surface area contributed by atoms with Gasteiger partial charge in [0.2, 0.25) is 0 Å². The number of benzene rings is 2. The third kappa shape index (κ3) is 5.31. The summed E-state index contributed by atoms with van der Waals surface area (Å²) in [6.07, 6.45) is 6.03. The summed E-state index contributed by atoms with van der Waals surface area (Å²) >= 11 is 0. The molecule has 0 radical (unpaired) electrons. The zero-order chi connectivity index (χ0) is 24.7. The van der Waals surface area contributed by atoms with Gasteiger partial charge in [-0.3, -0.25) is 9.97 Å². The van der Waals surface area contributed by atoms with Gasteiger partial charge in [0.05, 0.1) is 12.3 Å². The number of anilines is 1. The van der Waals surface area contributed by atoms with Crippen molar-refractivity contribution in [3.63, 3.8) is 0 Å². The maximum atomic E-state index is 6.47. The lowest BCUT2D eigenvalue weighted by Gasteiger charge is -2.16. The summed E-state index contributed by atoms with van der Waals surface area (Å²) in [5.74, 6) is 2.11. The molecule has 3 aromatic heterocycles. The van der Waals surface area contributed by atoms with Crippen LogP contribution in [0.1, 0.15) is 12.5 Å². The van der Waals surface area contributed by atoms with E-state index in [0.29, 0.717) is 19.0 Å². The molecule has 5 aromatic rings. The molecule has 1 atom stereocenters. The number of hydrogen-bond donors (Lipinski definition) is 2. The van der Waals surface area contributed by atoms with Crippen LogP contribution in [0.15, 0.2) is 91.4 Å². The number of rotatable bonds is 9. The lowest BCUT2D eigenvalue weighted by atomic mass is 10.1. The van der Waals surface area contributed by atoms with Crippen LogP contribution >= 0.6 is 0 Å². The second kappa shape index (κ2) is 10.9. The molecule has 0 spiro atoms. The second-order valence-electron chi connectivity index (χ2n) is 8.48. The Hall–Kier alpha value is -4.36. The SMILES string of the molecule is CCOc1cccc(-c2nccc3c(NC[C@H](N)Cc4ccccc4)nc(-c4ccncc4)nc23)c1. The summed E-state index contributed by atoms with van der Waals surface area (Å²) in [6.45, 7) is 3.13. The molecule has 0 saturated carbocycles. The first-order valence-electron chi connectivity index (χ1n) is 12.0. The van der Waals surface area contributed by atoms with Crippen LogP contribution in [0, 0.1) is 0 Å². The fourth-order valence-corrected chi connectivity index (χ4v) is 4.15. The fraction of sp³-hybridized carbons (Fsp3) is 0.172. The number of ether oxygens (including phenoxy) is 1. The molecule has 0 aliphatic heterocycles. The van der Waals surface area contributed by atoms with Gasteiger partial charge in [0.1, 0.15) is 17.1 Å². The first kappa shape index (κ1) is 23.4. The fourth-order valence-electron chi connectivity index (χ4n) is 4.15. The molecule has 0 unspecified atom stereocenters. The molecule has 0 amide bonds. The van der Waals surface area contributed by atoms with E-state index in [2.05, 4.69) is 22.4 Å². The van der Waals surface area contributed by atoms with Gasteiger partial charge in [-0.1, -0.05) is 42.5 Å². The van der Waals surface area contributed by atoms with Crippen LogP contribution < -0.4 is 15.8 Å². The predicted molar refractivity (Wildman–Crippen MR) is 144 cm³/mol. The summed E-state index contributed by atoms with van der Waals surface area (Å²) < 4.78 is 5.72. The topological polar surface area (TPSA) is 98.8 Å². The van der Waals surface area contributed by atoms with Crippen molar-refractivity contribution < 1.29 is 4.74 Å². The van der Waals surface area contributed by atoms with Crippen LogP contribution in [0.4, 0.5) is 5.82 Å². The van der Waals surface area contributed by atoms with E-state index in [4.69, 9.17) is 25.4 Å². The molecule has 2 aromatic carbocycles. The second-order valence-corrected chi connectivity index (χ2v) is 8.48. The monoisotopic (exact) mass is 476 g/mol. The van der Waals surface area contributed by atoms with Crippen molar-refractivity contribution in [2.75, 3.05) is 18.5 Å². The molecule has 0 fully saturated rings. The average molecular weight is 477 g/mol. The molecule has 180 valence electrons. The van der Waals surface area contributed by atoms with Crippen molar-refractivity contribution in [1.82, 2.24) is 19.9 Å². The van der Waals surface area contributed by atoms with Gasteiger partial charge in [-0.2, -0.15) is 0 Å². The minimum Gasteiger partial charge on any atom is -0.494 e. The zero-order valence-electron chi connectivity index (χ0n) is 20.1. The maximum absolute atomic E-state index is 6.47. The molecular formula is C29H28N6O. The number of pyridine rings is 2. The Morgan fingerprint density at radius 3 is 2.53 bits per heavy atom. The molecule has 5 rings (SSSR count). The summed E-state index contributed by atoms with van der Waals surface area (Å²) in [7, 11) is 0. The Bertz CT molecular complexity index is 1440. The normalized spacial score (nSPS) is 11.8.